The molecule has 0 spiro atoms. The van der Waals surface area contributed by atoms with E-state index in [-0.39, 0.29) is 0 Å². The molecule has 92 valence electrons. The monoisotopic (exact) mass is 247 g/mol. The van der Waals surface area contributed by atoms with E-state index in [2.05, 4.69) is 16.8 Å². The van der Waals surface area contributed by atoms with Crippen molar-refractivity contribution < 1.29 is 0 Å². The third-order valence-corrected chi connectivity index (χ3v) is 2.92. The summed E-state index contributed by atoms with van der Waals surface area (Å²) in [6.45, 7) is 3.74. The molecule has 0 fully saturated rings. The molecule has 1 aromatic heterocycles. The SMILES string of the molecule is C=Cc1ccc(-n2ncc(-c3ccccc3)n2)cc1. The molecule has 0 bridgehead atoms. The molecule has 3 rings (SSSR count). The van der Waals surface area contributed by atoms with E-state index in [0.29, 0.717) is 0 Å². The van der Waals surface area contributed by atoms with Crippen LogP contribution in [-0.2, 0) is 0 Å². The van der Waals surface area contributed by atoms with Gasteiger partial charge in [0.15, 0.2) is 0 Å². The average Bonchev–Trinajstić information content (AvgIpc) is 2.98. The first-order valence-corrected chi connectivity index (χ1v) is 6.07. The number of benzene rings is 2. The second-order valence-corrected chi connectivity index (χ2v) is 4.18. The molecule has 0 atom stereocenters. The van der Waals surface area contributed by atoms with Gasteiger partial charge in [-0.3, -0.25) is 0 Å². The first kappa shape index (κ1) is 11.4. The minimum absolute atomic E-state index is 0.869. The van der Waals surface area contributed by atoms with Crippen LogP contribution in [0.3, 0.4) is 0 Å². The van der Waals surface area contributed by atoms with Crippen molar-refractivity contribution in [3.63, 3.8) is 0 Å². The zero-order valence-electron chi connectivity index (χ0n) is 10.4. The van der Waals surface area contributed by atoms with Crippen LogP contribution in [0.2, 0.25) is 0 Å². The molecule has 3 heteroatoms. The van der Waals surface area contributed by atoms with Crippen LogP contribution in [0, 0.1) is 0 Å². The molecule has 1 heterocycles. The summed E-state index contributed by atoms with van der Waals surface area (Å²) in [5.41, 5.74) is 3.96. The fourth-order valence-corrected chi connectivity index (χ4v) is 1.87. The summed E-state index contributed by atoms with van der Waals surface area (Å²) < 4.78 is 0. The summed E-state index contributed by atoms with van der Waals surface area (Å²) in [6, 6.07) is 18.0. The Morgan fingerprint density at radius 2 is 1.68 bits per heavy atom. The molecule has 0 amide bonds. The normalized spacial score (nSPS) is 10.3. The molecule has 0 radical (unpaired) electrons. The summed E-state index contributed by atoms with van der Waals surface area (Å²) in [5, 5.41) is 8.78. The molecule has 2 aromatic carbocycles. The molecule has 0 N–H and O–H groups in total. The van der Waals surface area contributed by atoms with Gasteiger partial charge in [0.2, 0.25) is 0 Å². The molecule has 3 nitrogen and oxygen atoms in total. The van der Waals surface area contributed by atoms with Gasteiger partial charge in [0, 0.05) is 5.56 Å². The number of nitrogens with zero attached hydrogens (tertiary/aromatic N) is 3. The second kappa shape index (κ2) is 4.90. The van der Waals surface area contributed by atoms with Crippen molar-refractivity contribution in [1.29, 1.82) is 0 Å². The fraction of sp³-hybridized carbons (Fsp3) is 0. The zero-order valence-corrected chi connectivity index (χ0v) is 10.4. The van der Waals surface area contributed by atoms with E-state index in [1.54, 1.807) is 11.0 Å². The highest BCUT2D eigenvalue weighted by atomic mass is 15.5. The fourth-order valence-electron chi connectivity index (χ4n) is 1.87. The van der Waals surface area contributed by atoms with Gasteiger partial charge in [0.1, 0.15) is 5.69 Å². The lowest BCUT2D eigenvalue weighted by Gasteiger charge is -2.00. The maximum absolute atomic E-state index is 4.49. The van der Waals surface area contributed by atoms with E-state index >= 15 is 0 Å². The Labute approximate surface area is 111 Å². The lowest BCUT2D eigenvalue weighted by Crippen LogP contribution is -1.98. The molecule has 19 heavy (non-hydrogen) atoms. The Bertz CT molecular complexity index is 682. The van der Waals surface area contributed by atoms with Crippen molar-refractivity contribution in [1.82, 2.24) is 15.0 Å². The predicted molar refractivity (Wildman–Crippen MR) is 76.9 cm³/mol. The van der Waals surface area contributed by atoms with Gasteiger partial charge in [-0.05, 0) is 17.7 Å². The first-order chi connectivity index (χ1) is 9.36. The number of hydrogen-bond acceptors (Lipinski definition) is 2. The van der Waals surface area contributed by atoms with Crippen LogP contribution in [-0.4, -0.2) is 15.0 Å². The Balaban J connectivity index is 1.94. The van der Waals surface area contributed by atoms with Crippen LogP contribution >= 0.6 is 0 Å². The maximum atomic E-state index is 4.49. The van der Waals surface area contributed by atoms with E-state index in [1.807, 2.05) is 60.7 Å². The Morgan fingerprint density at radius 3 is 2.37 bits per heavy atom. The smallest absolute Gasteiger partial charge is 0.113 e. The largest absolute Gasteiger partial charge is 0.156 e. The third kappa shape index (κ3) is 2.31. The Hall–Kier alpha value is -2.68. The van der Waals surface area contributed by atoms with Crippen LogP contribution in [0.4, 0.5) is 0 Å². The average molecular weight is 247 g/mol. The van der Waals surface area contributed by atoms with Crippen molar-refractivity contribution in [3.8, 4) is 16.9 Å². The summed E-state index contributed by atoms with van der Waals surface area (Å²) in [6.07, 6.45) is 3.59. The van der Waals surface area contributed by atoms with Crippen molar-refractivity contribution in [2.24, 2.45) is 0 Å². The third-order valence-electron chi connectivity index (χ3n) is 2.92. The van der Waals surface area contributed by atoms with Gasteiger partial charge in [-0.25, -0.2) is 0 Å². The van der Waals surface area contributed by atoms with Crippen LogP contribution in [0.1, 0.15) is 5.56 Å². The van der Waals surface area contributed by atoms with Crippen molar-refractivity contribution >= 4 is 6.08 Å². The molecule has 0 saturated heterocycles. The highest BCUT2D eigenvalue weighted by Crippen LogP contribution is 2.16. The van der Waals surface area contributed by atoms with Crippen LogP contribution in [0.25, 0.3) is 23.0 Å². The van der Waals surface area contributed by atoms with Gasteiger partial charge >= 0.3 is 0 Å². The van der Waals surface area contributed by atoms with E-state index < -0.39 is 0 Å². The summed E-state index contributed by atoms with van der Waals surface area (Å²) >= 11 is 0. The summed E-state index contributed by atoms with van der Waals surface area (Å²) in [5.74, 6) is 0. The molecule has 0 aliphatic heterocycles. The number of hydrogen-bond donors (Lipinski definition) is 0. The lowest BCUT2D eigenvalue weighted by molar-refractivity contribution is 0.754. The van der Waals surface area contributed by atoms with Gasteiger partial charge in [-0.1, -0.05) is 55.1 Å². The van der Waals surface area contributed by atoms with Gasteiger partial charge in [0.25, 0.3) is 0 Å². The van der Waals surface area contributed by atoms with Crippen LogP contribution < -0.4 is 0 Å². The van der Waals surface area contributed by atoms with E-state index in [1.165, 1.54) is 0 Å². The zero-order chi connectivity index (χ0) is 13.1. The minimum atomic E-state index is 0.869. The van der Waals surface area contributed by atoms with E-state index in [9.17, 15) is 0 Å². The lowest BCUT2D eigenvalue weighted by atomic mass is 10.2. The van der Waals surface area contributed by atoms with Crippen LogP contribution in [0.15, 0.2) is 67.4 Å². The van der Waals surface area contributed by atoms with Crippen molar-refractivity contribution in [3.05, 3.63) is 72.9 Å². The molecule has 3 aromatic rings. The summed E-state index contributed by atoms with van der Waals surface area (Å²) in [4.78, 5) is 1.63. The standard InChI is InChI=1S/C16H13N3/c1-2-13-8-10-15(11-9-13)19-17-12-16(18-19)14-6-4-3-5-7-14/h2-12H,1H2. The Morgan fingerprint density at radius 1 is 0.947 bits per heavy atom. The molecule has 0 saturated carbocycles. The van der Waals surface area contributed by atoms with Gasteiger partial charge in [-0.2, -0.15) is 9.90 Å². The van der Waals surface area contributed by atoms with Crippen molar-refractivity contribution in [2.75, 3.05) is 0 Å². The van der Waals surface area contributed by atoms with E-state index in [4.69, 9.17) is 0 Å². The number of rotatable bonds is 3. The predicted octanol–water partition coefficient (Wildman–Crippen LogP) is 3.58. The minimum Gasteiger partial charge on any atom is -0.156 e. The quantitative estimate of drug-likeness (QED) is 0.708. The molecular weight excluding hydrogens is 234 g/mol. The van der Waals surface area contributed by atoms with Crippen LogP contribution in [0.5, 0.6) is 0 Å². The number of aromatic nitrogens is 3. The first-order valence-electron chi connectivity index (χ1n) is 6.07. The molecule has 0 unspecified atom stereocenters. The van der Waals surface area contributed by atoms with E-state index in [0.717, 1.165) is 22.5 Å². The highest BCUT2D eigenvalue weighted by molar-refractivity contribution is 5.57. The molecular formula is C16H13N3. The molecule has 0 aliphatic rings. The second-order valence-electron chi connectivity index (χ2n) is 4.18. The van der Waals surface area contributed by atoms with Gasteiger partial charge in [0.05, 0.1) is 11.9 Å². The Kier molecular flexibility index (Phi) is 2.94. The summed E-state index contributed by atoms with van der Waals surface area (Å²) in [7, 11) is 0. The van der Waals surface area contributed by atoms with Gasteiger partial charge in [-0.15, -0.1) is 5.10 Å². The topological polar surface area (TPSA) is 30.7 Å². The maximum Gasteiger partial charge on any atom is 0.113 e. The highest BCUT2D eigenvalue weighted by Gasteiger charge is 2.04. The van der Waals surface area contributed by atoms with Crippen molar-refractivity contribution in [2.45, 2.75) is 0 Å². The van der Waals surface area contributed by atoms with Gasteiger partial charge < -0.3 is 0 Å². The molecule has 0 aliphatic carbocycles.